The minimum absolute atomic E-state index is 0.0288. The van der Waals surface area contributed by atoms with Gasteiger partial charge in [0.1, 0.15) is 6.10 Å². The van der Waals surface area contributed by atoms with Crippen molar-refractivity contribution < 1.29 is 20.1 Å². The van der Waals surface area contributed by atoms with Crippen LogP contribution in [0.15, 0.2) is 53.1 Å². The van der Waals surface area contributed by atoms with Gasteiger partial charge < -0.3 is 25.0 Å². The van der Waals surface area contributed by atoms with Crippen LogP contribution in [0.4, 0.5) is 0 Å². The fourth-order valence-electron chi connectivity index (χ4n) is 8.24. The molecule has 0 aromatic heterocycles. The summed E-state index contributed by atoms with van der Waals surface area (Å²) < 4.78 is 7.26. The zero-order valence-corrected chi connectivity index (χ0v) is 20.7. The lowest BCUT2D eigenvalue weighted by Gasteiger charge is -2.56. The first-order valence-electron chi connectivity index (χ1n) is 12.7. The highest BCUT2D eigenvalue weighted by Crippen LogP contribution is 2.68. The van der Waals surface area contributed by atoms with Gasteiger partial charge in [0, 0.05) is 17.4 Å². The minimum atomic E-state index is -0.895. The zero-order chi connectivity index (χ0) is 24.0. The number of aliphatic hydroxyl groups excluding tert-OH is 3. The molecule has 6 rings (SSSR count). The molecule has 5 heteroatoms. The predicted octanol–water partition coefficient (Wildman–Crippen LogP) is 3.59. The minimum Gasteiger partial charge on any atom is -0.392 e. The number of fused-ring (bicyclic) bond motifs is 1. The molecule has 2 spiro atoms. The molecule has 1 aromatic carbocycles. The average molecular weight is 464 g/mol. The van der Waals surface area contributed by atoms with E-state index in [-0.39, 0.29) is 23.7 Å². The van der Waals surface area contributed by atoms with Gasteiger partial charge in [-0.3, -0.25) is 0 Å². The number of nitrogens with zero attached hydrogens (tertiary/aromatic N) is 1. The third-order valence-corrected chi connectivity index (χ3v) is 9.84. The number of hydrogen-bond acceptors (Lipinski definition) is 5. The van der Waals surface area contributed by atoms with Crippen LogP contribution in [-0.4, -0.2) is 63.8 Å². The van der Waals surface area contributed by atoms with Crippen LogP contribution in [0.25, 0.3) is 5.57 Å². The molecule has 2 aliphatic heterocycles. The summed E-state index contributed by atoms with van der Waals surface area (Å²) in [5.74, 6) is 0.338. The second-order valence-electron chi connectivity index (χ2n) is 11.8. The van der Waals surface area contributed by atoms with E-state index >= 15 is 0 Å². The summed E-state index contributed by atoms with van der Waals surface area (Å²) in [6, 6.07) is 8.21. The third kappa shape index (κ3) is 2.79. The molecule has 5 nitrogen and oxygen atoms in total. The van der Waals surface area contributed by atoms with Gasteiger partial charge >= 0.3 is 0 Å². The first kappa shape index (κ1) is 22.7. The molecule has 1 saturated heterocycles. The number of rotatable bonds is 3. The molecule has 5 aliphatic rings. The lowest BCUT2D eigenvalue weighted by atomic mass is 9.56. The van der Waals surface area contributed by atoms with Crippen molar-refractivity contribution in [1.82, 2.24) is 4.90 Å². The second-order valence-corrected chi connectivity index (χ2v) is 11.8. The normalized spacial score (nSPS) is 42.8. The summed E-state index contributed by atoms with van der Waals surface area (Å²) >= 11 is 0. The number of ether oxygens (including phenoxy) is 1. The van der Waals surface area contributed by atoms with Gasteiger partial charge in [-0.1, -0.05) is 48.9 Å². The van der Waals surface area contributed by atoms with Crippen LogP contribution in [0.1, 0.15) is 57.1 Å². The maximum Gasteiger partial charge on any atom is 0.105 e. The Balaban J connectivity index is 1.44. The van der Waals surface area contributed by atoms with Crippen molar-refractivity contribution in [2.24, 2.45) is 11.3 Å². The van der Waals surface area contributed by atoms with Gasteiger partial charge in [-0.05, 0) is 81.0 Å². The summed E-state index contributed by atoms with van der Waals surface area (Å²) in [4.78, 5) is 2.03. The van der Waals surface area contributed by atoms with Gasteiger partial charge in [0.05, 0.1) is 23.9 Å². The highest BCUT2D eigenvalue weighted by Gasteiger charge is 2.67. The Labute approximate surface area is 202 Å². The van der Waals surface area contributed by atoms with Crippen LogP contribution in [-0.2, 0) is 11.3 Å². The SMILES string of the molecule is CC1=C2C=C3[C@@H](O)[C@H](O)[C@@H](N(C)C)C[C@]34CC[C@]2(O4)C2CC=C(c3ccc(CO)cc3)[C@@]2(C)C1. The van der Waals surface area contributed by atoms with E-state index in [9.17, 15) is 15.3 Å². The first-order chi connectivity index (χ1) is 16.1. The molecule has 1 saturated carbocycles. The van der Waals surface area contributed by atoms with E-state index in [1.807, 2.05) is 31.1 Å². The fraction of sp³-hybridized carbons (Fsp3) is 0.586. The number of benzene rings is 1. The summed E-state index contributed by atoms with van der Waals surface area (Å²) in [5, 5.41) is 31.5. The van der Waals surface area contributed by atoms with E-state index in [1.54, 1.807) is 0 Å². The number of aliphatic hydroxyl groups is 3. The molecule has 34 heavy (non-hydrogen) atoms. The van der Waals surface area contributed by atoms with Crippen LogP contribution < -0.4 is 0 Å². The molecule has 2 bridgehead atoms. The van der Waals surface area contributed by atoms with Crippen LogP contribution >= 0.6 is 0 Å². The molecule has 2 fully saturated rings. The number of hydrogen-bond donors (Lipinski definition) is 3. The monoisotopic (exact) mass is 463 g/mol. The van der Waals surface area contributed by atoms with E-state index in [1.165, 1.54) is 22.3 Å². The van der Waals surface area contributed by atoms with E-state index in [4.69, 9.17) is 4.74 Å². The molecule has 2 heterocycles. The van der Waals surface area contributed by atoms with Crippen molar-refractivity contribution in [3.8, 4) is 0 Å². The summed E-state index contributed by atoms with van der Waals surface area (Å²) in [6.45, 7) is 4.69. The van der Waals surface area contributed by atoms with Gasteiger partial charge in [-0.25, -0.2) is 0 Å². The van der Waals surface area contributed by atoms with E-state index in [0.29, 0.717) is 12.3 Å². The van der Waals surface area contributed by atoms with Crippen molar-refractivity contribution in [1.29, 1.82) is 0 Å². The van der Waals surface area contributed by atoms with Gasteiger partial charge in [0.25, 0.3) is 0 Å². The van der Waals surface area contributed by atoms with Crippen molar-refractivity contribution in [2.75, 3.05) is 14.1 Å². The summed E-state index contributed by atoms with van der Waals surface area (Å²) in [5.41, 5.74) is 6.15. The molecule has 3 aliphatic carbocycles. The summed E-state index contributed by atoms with van der Waals surface area (Å²) in [6.07, 6.45) is 7.42. The van der Waals surface area contributed by atoms with E-state index < -0.39 is 17.8 Å². The quantitative estimate of drug-likeness (QED) is 0.639. The predicted molar refractivity (Wildman–Crippen MR) is 132 cm³/mol. The lowest BCUT2D eigenvalue weighted by Crippen LogP contribution is -2.62. The Morgan fingerprint density at radius 1 is 1.12 bits per heavy atom. The Morgan fingerprint density at radius 3 is 2.53 bits per heavy atom. The molecule has 182 valence electrons. The van der Waals surface area contributed by atoms with Crippen molar-refractivity contribution in [3.63, 3.8) is 0 Å². The molecule has 3 N–H and O–H groups in total. The van der Waals surface area contributed by atoms with Gasteiger partial charge in [0.2, 0.25) is 0 Å². The van der Waals surface area contributed by atoms with Gasteiger partial charge in [-0.15, -0.1) is 0 Å². The Hall–Kier alpha value is -1.76. The third-order valence-electron chi connectivity index (χ3n) is 9.84. The van der Waals surface area contributed by atoms with E-state index in [0.717, 1.165) is 36.8 Å². The molecule has 1 unspecified atom stereocenters. The van der Waals surface area contributed by atoms with Crippen molar-refractivity contribution in [2.45, 2.75) is 82.0 Å². The van der Waals surface area contributed by atoms with Crippen LogP contribution in [0.5, 0.6) is 0 Å². The molecule has 0 radical (unpaired) electrons. The standard InChI is InChI=1S/C29H37NO4/c1-17-14-27(2)20(19-7-5-18(16-31)6-8-19)9-10-24(27)29-12-11-28(34-29)15-23(30(3)4)26(33)25(32)22(28)13-21(17)29/h5-9,13,23-26,31-33H,10-12,14-16H2,1-4H3/t23-,24?,25+,26+,27+,28+,29+/m0/s1. The van der Waals surface area contributed by atoms with Crippen molar-refractivity contribution >= 4 is 5.57 Å². The lowest BCUT2D eigenvalue weighted by molar-refractivity contribution is -0.162. The van der Waals surface area contributed by atoms with Crippen molar-refractivity contribution in [3.05, 3.63) is 64.3 Å². The van der Waals surface area contributed by atoms with Crippen LogP contribution in [0.2, 0.25) is 0 Å². The zero-order valence-electron chi connectivity index (χ0n) is 20.7. The Kier molecular flexibility index (Phi) is 4.92. The second kappa shape index (κ2) is 7.37. The highest BCUT2D eigenvalue weighted by molar-refractivity contribution is 5.75. The largest absolute Gasteiger partial charge is 0.392 e. The van der Waals surface area contributed by atoms with Crippen LogP contribution in [0, 0.1) is 11.3 Å². The first-order valence-corrected chi connectivity index (χ1v) is 12.7. The molecule has 0 amide bonds. The molecular formula is C29H37NO4. The average Bonchev–Trinajstić information content (AvgIpc) is 3.31. The molecular weight excluding hydrogens is 426 g/mol. The molecule has 1 aromatic rings. The summed E-state index contributed by atoms with van der Waals surface area (Å²) in [7, 11) is 3.95. The number of allylic oxidation sites excluding steroid dienone is 3. The van der Waals surface area contributed by atoms with Gasteiger partial charge in [0.15, 0.2) is 0 Å². The van der Waals surface area contributed by atoms with Gasteiger partial charge in [-0.2, -0.15) is 0 Å². The fourth-order valence-corrected chi connectivity index (χ4v) is 8.24. The van der Waals surface area contributed by atoms with E-state index in [2.05, 4.69) is 38.1 Å². The number of likely N-dealkylation sites (N-methyl/N-ethyl adjacent to an activating group) is 1. The van der Waals surface area contributed by atoms with Crippen LogP contribution in [0.3, 0.4) is 0 Å². The maximum absolute atomic E-state index is 11.2. The highest BCUT2D eigenvalue weighted by atomic mass is 16.5. The maximum atomic E-state index is 11.2. The Morgan fingerprint density at radius 2 is 1.85 bits per heavy atom. The molecule has 7 atom stereocenters. The Bertz CT molecular complexity index is 1120. The topological polar surface area (TPSA) is 73.2 Å². The smallest absolute Gasteiger partial charge is 0.105 e.